The van der Waals surface area contributed by atoms with Crippen LogP contribution in [-0.4, -0.2) is 31.3 Å². The van der Waals surface area contributed by atoms with Crippen LogP contribution in [0.25, 0.3) is 0 Å². The Labute approximate surface area is 118 Å². The summed E-state index contributed by atoms with van der Waals surface area (Å²) in [5, 5.41) is 2.43. The molecule has 118 valence electrons. The van der Waals surface area contributed by atoms with Crippen molar-refractivity contribution in [1.82, 2.24) is 5.32 Å². The number of methoxy groups -OCH3 is 1. The van der Waals surface area contributed by atoms with E-state index in [9.17, 15) is 18.0 Å². The second-order valence-electron chi connectivity index (χ2n) is 6.13. The molecule has 0 aromatic rings. The molecule has 0 aromatic carbocycles. The third-order valence-electron chi connectivity index (χ3n) is 3.86. The number of carbonyl (C=O) groups excluding carboxylic acids is 1. The number of carbonyl (C=O) groups is 1. The first-order chi connectivity index (χ1) is 9.18. The normalized spacial score (nSPS) is 27.6. The lowest BCUT2D eigenvalue weighted by molar-refractivity contribution is -0.156. The fourth-order valence-corrected chi connectivity index (χ4v) is 3.14. The molecule has 3 nitrogen and oxygen atoms in total. The molecule has 2 atom stereocenters. The molecular weight excluding hydrogens is 271 g/mol. The van der Waals surface area contributed by atoms with Gasteiger partial charge in [0.15, 0.2) is 0 Å². The first kappa shape index (κ1) is 17.3. The van der Waals surface area contributed by atoms with Gasteiger partial charge in [-0.05, 0) is 31.1 Å². The van der Waals surface area contributed by atoms with E-state index >= 15 is 0 Å². The summed E-state index contributed by atoms with van der Waals surface area (Å²) >= 11 is 0. The average molecular weight is 295 g/mol. The Hall–Kier alpha value is -0.780. The van der Waals surface area contributed by atoms with Gasteiger partial charge in [-0.1, -0.05) is 26.7 Å². The smallest absolute Gasteiger partial charge is 0.401 e. The lowest BCUT2D eigenvalue weighted by atomic mass is 9.73. The zero-order chi connectivity index (χ0) is 15.4. The van der Waals surface area contributed by atoms with Gasteiger partial charge in [0.1, 0.15) is 5.54 Å². The van der Waals surface area contributed by atoms with Crippen molar-refractivity contribution in [2.24, 2.45) is 11.8 Å². The summed E-state index contributed by atoms with van der Waals surface area (Å²) in [5.41, 5.74) is -1.18. The lowest BCUT2D eigenvalue weighted by Gasteiger charge is -2.40. The number of ether oxygens (including phenoxy) is 1. The van der Waals surface area contributed by atoms with Crippen LogP contribution in [0.1, 0.15) is 46.0 Å². The van der Waals surface area contributed by atoms with E-state index in [1.165, 1.54) is 7.11 Å². The Kier molecular flexibility index (Phi) is 5.86. The minimum atomic E-state index is -4.33. The highest BCUT2D eigenvalue weighted by molar-refractivity contribution is 5.81. The molecular formula is C14H24F3NO2. The van der Waals surface area contributed by atoms with Crippen LogP contribution < -0.4 is 5.32 Å². The van der Waals surface area contributed by atoms with Crippen molar-refractivity contribution in [2.45, 2.75) is 57.7 Å². The molecule has 0 saturated heterocycles. The molecule has 0 heterocycles. The van der Waals surface area contributed by atoms with Crippen molar-refractivity contribution < 1.29 is 22.7 Å². The Morgan fingerprint density at radius 1 is 1.45 bits per heavy atom. The Balaban J connectivity index is 2.79. The molecule has 1 fully saturated rings. The fourth-order valence-electron chi connectivity index (χ4n) is 3.14. The average Bonchev–Trinajstić information content (AvgIpc) is 2.34. The molecule has 0 amide bonds. The molecule has 0 aliphatic heterocycles. The second kappa shape index (κ2) is 6.78. The predicted octanol–water partition coefficient (Wildman–Crippen LogP) is 3.29. The van der Waals surface area contributed by atoms with Gasteiger partial charge >= 0.3 is 12.1 Å². The third kappa shape index (κ3) is 4.96. The summed E-state index contributed by atoms with van der Waals surface area (Å²) in [6, 6.07) is 0. The van der Waals surface area contributed by atoms with Crippen molar-refractivity contribution in [3.63, 3.8) is 0 Å². The standard InChI is InChI=1S/C14H24F3NO2/c1-10(2)7-11-5-4-6-13(8-11,12(19)20-3)18-9-14(15,16)17/h10-11,18H,4-9H2,1-3H3. The van der Waals surface area contributed by atoms with E-state index < -0.39 is 24.2 Å². The fraction of sp³-hybridized carbons (Fsp3) is 0.929. The first-order valence-corrected chi connectivity index (χ1v) is 7.09. The molecule has 1 aliphatic rings. The number of halogens is 3. The highest BCUT2D eigenvalue weighted by atomic mass is 19.4. The Morgan fingerprint density at radius 2 is 2.10 bits per heavy atom. The molecule has 0 radical (unpaired) electrons. The van der Waals surface area contributed by atoms with Gasteiger partial charge < -0.3 is 4.74 Å². The SMILES string of the molecule is COC(=O)C1(NCC(F)(F)F)CCCC(CC(C)C)C1. The van der Waals surface area contributed by atoms with Crippen molar-refractivity contribution in [3.8, 4) is 0 Å². The highest BCUT2D eigenvalue weighted by Gasteiger charge is 2.45. The molecule has 0 aromatic heterocycles. The third-order valence-corrected chi connectivity index (χ3v) is 3.86. The summed E-state index contributed by atoms with van der Waals surface area (Å²) in [6.45, 7) is 3.01. The molecule has 1 rings (SSSR count). The van der Waals surface area contributed by atoms with Gasteiger partial charge in [-0.3, -0.25) is 10.1 Å². The molecule has 1 saturated carbocycles. The monoisotopic (exact) mass is 295 g/mol. The van der Waals surface area contributed by atoms with Gasteiger partial charge in [-0.15, -0.1) is 0 Å². The highest BCUT2D eigenvalue weighted by Crippen LogP contribution is 2.37. The van der Waals surface area contributed by atoms with Gasteiger partial charge in [0, 0.05) is 0 Å². The quantitative estimate of drug-likeness (QED) is 0.791. The topological polar surface area (TPSA) is 38.3 Å². The largest absolute Gasteiger partial charge is 0.468 e. The van der Waals surface area contributed by atoms with Gasteiger partial charge in [-0.25, -0.2) is 0 Å². The summed E-state index contributed by atoms with van der Waals surface area (Å²) in [6.07, 6.45) is -0.862. The van der Waals surface area contributed by atoms with E-state index in [4.69, 9.17) is 4.74 Å². The van der Waals surface area contributed by atoms with Crippen LogP contribution in [0, 0.1) is 11.8 Å². The van der Waals surface area contributed by atoms with Crippen molar-refractivity contribution in [2.75, 3.05) is 13.7 Å². The van der Waals surface area contributed by atoms with Crippen LogP contribution >= 0.6 is 0 Å². The number of rotatable bonds is 5. The van der Waals surface area contributed by atoms with Crippen molar-refractivity contribution >= 4 is 5.97 Å². The summed E-state index contributed by atoms with van der Waals surface area (Å²) in [4.78, 5) is 12.0. The molecule has 6 heteroatoms. The van der Waals surface area contributed by atoms with E-state index in [0.717, 1.165) is 19.3 Å². The van der Waals surface area contributed by atoms with Gasteiger partial charge in [0.2, 0.25) is 0 Å². The van der Waals surface area contributed by atoms with E-state index in [-0.39, 0.29) is 5.92 Å². The second-order valence-corrected chi connectivity index (χ2v) is 6.13. The van der Waals surface area contributed by atoms with Crippen molar-refractivity contribution in [1.29, 1.82) is 0 Å². The van der Waals surface area contributed by atoms with Gasteiger partial charge in [-0.2, -0.15) is 13.2 Å². The number of hydrogen-bond donors (Lipinski definition) is 1. The number of nitrogens with one attached hydrogen (secondary N) is 1. The summed E-state index contributed by atoms with van der Waals surface area (Å²) < 4.78 is 42.1. The van der Waals surface area contributed by atoms with Crippen LogP contribution in [0.4, 0.5) is 13.2 Å². The number of hydrogen-bond acceptors (Lipinski definition) is 3. The number of alkyl halides is 3. The zero-order valence-electron chi connectivity index (χ0n) is 12.3. The molecule has 1 N–H and O–H groups in total. The van der Waals surface area contributed by atoms with E-state index in [2.05, 4.69) is 19.2 Å². The predicted molar refractivity (Wildman–Crippen MR) is 70.2 cm³/mol. The van der Waals surface area contributed by atoms with Crippen LogP contribution in [0.5, 0.6) is 0 Å². The summed E-state index contributed by atoms with van der Waals surface area (Å²) in [5.74, 6) is 0.162. The van der Waals surface area contributed by atoms with Crippen LogP contribution in [0.2, 0.25) is 0 Å². The maximum absolute atomic E-state index is 12.4. The summed E-state index contributed by atoms with van der Waals surface area (Å²) in [7, 11) is 1.23. The van der Waals surface area contributed by atoms with E-state index in [1.807, 2.05) is 0 Å². The Morgan fingerprint density at radius 3 is 2.60 bits per heavy atom. The van der Waals surface area contributed by atoms with Crippen LogP contribution in [0.15, 0.2) is 0 Å². The van der Waals surface area contributed by atoms with Gasteiger partial charge in [0.25, 0.3) is 0 Å². The van der Waals surface area contributed by atoms with E-state index in [0.29, 0.717) is 18.8 Å². The minimum absolute atomic E-state index is 0.267. The number of esters is 1. The van der Waals surface area contributed by atoms with Crippen molar-refractivity contribution in [3.05, 3.63) is 0 Å². The molecule has 0 bridgehead atoms. The van der Waals surface area contributed by atoms with Crippen LogP contribution in [0.3, 0.4) is 0 Å². The van der Waals surface area contributed by atoms with Crippen LogP contribution in [-0.2, 0) is 9.53 Å². The maximum atomic E-state index is 12.4. The Bertz CT molecular complexity index is 331. The lowest BCUT2D eigenvalue weighted by Crippen LogP contribution is -2.57. The zero-order valence-corrected chi connectivity index (χ0v) is 12.3. The minimum Gasteiger partial charge on any atom is -0.468 e. The molecule has 20 heavy (non-hydrogen) atoms. The molecule has 0 spiro atoms. The van der Waals surface area contributed by atoms with E-state index in [1.54, 1.807) is 0 Å². The molecule has 1 aliphatic carbocycles. The van der Waals surface area contributed by atoms with Gasteiger partial charge in [0.05, 0.1) is 13.7 Å². The molecule has 2 unspecified atom stereocenters. The first-order valence-electron chi connectivity index (χ1n) is 7.09. The maximum Gasteiger partial charge on any atom is 0.401 e.